The Hall–Kier alpha value is -1.27. The van der Waals surface area contributed by atoms with Gasteiger partial charge in [-0.25, -0.2) is 8.42 Å². The number of rotatable bonds is 7. The quantitative estimate of drug-likeness (QED) is 0.717. The minimum absolute atomic E-state index is 0.181. The number of nitrogens with zero attached hydrogens (tertiary/aromatic N) is 1. The lowest BCUT2D eigenvalue weighted by atomic mass is 10.2. The molecule has 6 heteroatoms. The third-order valence-electron chi connectivity index (χ3n) is 2.46. The summed E-state index contributed by atoms with van der Waals surface area (Å²) in [6, 6.07) is 7.94. The van der Waals surface area contributed by atoms with Crippen LogP contribution in [0.25, 0.3) is 0 Å². The Balaban J connectivity index is 2.59. The van der Waals surface area contributed by atoms with Gasteiger partial charge < -0.3 is 10.2 Å². The topological polar surface area (TPSA) is 58.6 Å². The van der Waals surface area contributed by atoms with Gasteiger partial charge in [-0.2, -0.15) is 0 Å². The van der Waals surface area contributed by atoms with Crippen LogP contribution in [0.3, 0.4) is 0 Å². The first-order chi connectivity index (χ1) is 8.17. The van der Waals surface area contributed by atoms with Gasteiger partial charge in [0.05, 0.1) is 6.61 Å². The normalized spacial score (nSPS) is 10.5. The zero-order valence-corrected chi connectivity index (χ0v) is 10.9. The van der Waals surface area contributed by atoms with Gasteiger partial charge >= 0.3 is 0 Å². The first-order valence-corrected chi connectivity index (χ1v) is 6.57. The van der Waals surface area contributed by atoms with E-state index in [0.29, 0.717) is 6.54 Å². The molecular formula is C11H18N2O3S. The van der Waals surface area contributed by atoms with Crippen LogP contribution in [0.4, 0.5) is 11.4 Å². The Morgan fingerprint density at radius 2 is 1.94 bits per heavy atom. The summed E-state index contributed by atoms with van der Waals surface area (Å²) < 4.78 is 25.1. The molecular weight excluding hydrogens is 240 g/mol. The minimum Gasteiger partial charge on any atom is -0.388 e. The van der Waals surface area contributed by atoms with E-state index >= 15 is 0 Å². The van der Waals surface area contributed by atoms with E-state index in [-0.39, 0.29) is 6.61 Å². The Morgan fingerprint density at radius 3 is 2.41 bits per heavy atom. The molecule has 0 unspecified atom stereocenters. The summed E-state index contributed by atoms with van der Waals surface area (Å²) in [5.41, 5.74) is 2.10. The maximum atomic E-state index is 10.3. The number of thiol groups is 1. The van der Waals surface area contributed by atoms with Crippen LogP contribution in [0, 0.1) is 0 Å². The van der Waals surface area contributed by atoms with Crippen LogP contribution < -0.4 is 10.2 Å². The summed E-state index contributed by atoms with van der Waals surface area (Å²) in [5.74, 6) is 0. The number of nitrogens with one attached hydrogen (secondary N) is 1. The molecule has 1 aromatic rings. The highest BCUT2D eigenvalue weighted by molar-refractivity contribution is 7.67. The van der Waals surface area contributed by atoms with Crippen molar-refractivity contribution in [2.45, 2.75) is 6.92 Å². The fraction of sp³-hybridized carbons (Fsp3) is 0.455. The van der Waals surface area contributed by atoms with E-state index in [0.717, 1.165) is 17.9 Å². The van der Waals surface area contributed by atoms with Crippen LogP contribution in [0.5, 0.6) is 0 Å². The molecule has 0 spiro atoms. The van der Waals surface area contributed by atoms with Crippen molar-refractivity contribution in [2.75, 3.05) is 37.0 Å². The number of likely N-dealkylation sites (N-methyl/N-ethyl adjacent to an activating group) is 1. The number of hydrogen-bond donors (Lipinski definition) is 2. The van der Waals surface area contributed by atoms with Gasteiger partial charge in [0.2, 0.25) is 0 Å². The largest absolute Gasteiger partial charge is 0.388 e. The fourth-order valence-corrected chi connectivity index (χ4v) is 1.76. The highest BCUT2D eigenvalue weighted by Gasteiger charge is 2.04. The average Bonchev–Trinajstić information content (AvgIpc) is 2.34. The number of hydrogen-bond acceptors (Lipinski definition) is 5. The van der Waals surface area contributed by atoms with Crippen LogP contribution in [0.15, 0.2) is 24.3 Å². The molecule has 0 saturated heterocycles. The smallest absolute Gasteiger partial charge is 0.257 e. The third kappa shape index (κ3) is 4.62. The van der Waals surface area contributed by atoms with E-state index in [1.165, 1.54) is 0 Å². The lowest BCUT2D eigenvalue weighted by Crippen LogP contribution is -2.26. The molecule has 1 rings (SSSR count). The lowest BCUT2D eigenvalue weighted by Gasteiger charge is -2.22. The molecule has 0 fully saturated rings. The number of benzene rings is 1. The Bertz CT molecular complexity index is 396. The van der Waals surface area contributed by atoms with Crippen molar-refractivity contribution in [3.05, 3.63) is 24.3 Å². The molecule has 0 atom stereocenters. The predicted molar refractivity (Wildman–Crippen MR) is 70.1 cm³/mol. The molecule has 17 heavy (non-hydrogen) atoms. The highest BCUT2D eigenvalue weighted by Crippen LogP contribution is 2.17. The summed E-state index contributed by atoms with van der Waals surface area (Å²) in [5, 5.41) is 3.05. The molecule has 1 aromatic carbocycles. The second-order valence-electron chi connectivity index (χ2n) is 3.43. The van der Waals surface area contributed by atoms with Crippen molar-refractivity contribution in [1.82, 2.24) is 0 Å². The van der Waals surface area contributed by atoms with E-state index in [2.05, 4.69) is 14.4 Å². The van der Waals surface area contributed by atoms with Gasteiger partial charge in [-0.1, -0.05) is 0 Å². The molecule has 0 aliphatic heterocycles. The summed E-state index contributed by atoms with van der Waals surface area (Å²) in [6.07, 6.45) is 0. The molecule has 0 aliphatic rings. The van der Waals surface area contributed by atoms with Gasteiger partial charge in [-0.3, -0.25) is 4.18 Å². The van der Waals surface area contributed by atoms with Crippen molar-refractivity contribution in [3.8, 4) is 0 Å². The zero-order valence-electron chi connectivity index (χ0n) is 10.0. The Kier molecular flexibility index (Phi) is 5.79. The van der Waals surface area contributed by atoms with Crippen LogP contribution >= 0.6 is 0 Å². The van der Waals surface area contributed by atoms with Crippen LogP contribution in [-0.4, -0.2) is 35.2 Å². The molecule has 0 aliphatic carbocycles. The number of anilines is 2. The molecule has 0 aromatic heterocycles. The van der Waals surface area contributed by atoms with Gasteiger partial charge in [-0.15, -0.1) is 0 Å². The zero-order chi connectivity index (χ0) is 12.7. The molecule has 0 amide bonds. The molecule has 5 nitrogen and oxygen atoms in total. The minimum atomic E-state index is -2.75. The van der Waals surface area contributed by atoms with Crippen molar-refractivity contribution < 1.29 is 12.6 Å². The van der Waals surface area contributed by atoms with Gasteiger partial charge in [0.25, 0.3) is 11.0 Å². The van der Waals surface area contributed by atoms with E-state index in [9.17, 15) is 8.42 Å². The van der Waals surface area contributed by atoms with Crippen LogP contribution in [0.1, 0.15) is 6.92 Å². The second kappa shape index (κ2) is 7.13. The van der Waals surface area contributed by atoms with Crippen molar-refractivity contribution in [2.24, 2.45) is 0 Å². The predicted octanol–water partition coefficient (Wildman–Crippen LogP) is 1.10. The van der Waals surface area contributed by atoms with E-state index in [1.54, 1.807) is 0 Å². The van der Waals surface area contributed by atoms with Gasteiger partial charge in [0.1, 0.15) is 0 Å². The van der Waals surface area contributed by atoms with E-state index in [4.69, 9.17) is 0 Å². The van der Waals surface area contributed by atoms with Crippen LogP contribution in [0.2, 0.25) is 0 Å². The molecule has 0 radical (unpaired) electrons. The maximum Gasteiger partial charge on any atom is 0.257 e. The monoisotopic (exact) mass is 258 g/mol. The third-order valence-corrected chi connectivity index (χ3v) is 2.85. The standard InChI is InChI=1S/C11H18N2O3S/c1-3-13(8-9-16-17(14)15)11-6-4-10(12-2)5-7-11/h4-7,12,17H,3,8-9H2,1-2H3. The second-order valence-corrected chi connectivity index (χ2v) is 4.14. The van der Waals surface area contributed by atoms with Crippen molar-refractivity contribution in [3.63, 3.8) is 0 Å². The maximum absolute atomic E-state index is 10.3. The van der Waals surface area contributed by atoms with E-state index < -0.39 is 11.0 Å². The van der Waals surface area contributed by atoms with Gasteiger partial charge in [0, 0.05) is 31.5 Å². The molecule has 1 N–H and O–H groups in total. The Morgan fingerprint density at radius 1 is 1.29 bits per heavy atom. The van der Waals surface area contributed by atoms with E-state index in [1.807, 2.05) is 38.2 Å². The molecule has 0 heterocycles. The first kappa shape index (κ1) is 13.8. The average molecular weight is 258 g/mol. The lowest BCUT2D eigenvalue weighted by molar-refractivity contribution is 0.339. The summed E-state index contributed by atoms with van der Waals surface area (Å²) in [7, 11) is -0.883. The van der Waals surface area contributed by atoms with Gasteiger partial charge in [-0.05, 0) is 31.2 Å². The molecule has 0 saturated carbocycles. The molecule has 96 valence electrons. The van der Waals surface area contributed by atoms with Crippen molar-refractivity contribution in [1.29, 1.82) is 0 Å². The van der Waals surface area contributed by atoms with Gasteiger partial charge in [0.15, 0.2) is 0 Å². The SMILES string of the molecule is CCN(CCO[SH](=O)=O)c1ccc(NC)cc1. The first-order valence-electron chi connectivity index (χ1n) is 5.47. The summed E-state index contributed by atoms with van der Waals surface area (Å²) >= 11 is 0. The molecule has 0 bridgehead atoms. The highest BCUT2D eigenvalue weighted by atomic mass is 32.2. The summed E-state index contributed by atoms with van der Waals surface area (Å²) in [6.45, 7) is 3.56. The fourth-order valence-electron chi connectivity index (χ4n) is 1.53. The summed E-state index contributed by atoms with van der Waals surface area (Å²) in [4.78, 5) is 2.05. The Labute approximate surface area is 104 Å². The van der Waals surface area contributed by atoms with Crippen LogP contribution in [-0.2, 0) is 15.2 Å². The van der Waals surface area contributed by atoms with Crippen molar-refractivity contribution >= 4 is 22.4 Å².